The largest absolute Gasteiger partial charge is 0.302 e. The zero-order valence-electron chi connectivity index (χ0n) is 13.6. The highest BCUT2D eigenvalue weighted by molar-refractivity contribution is 7.99. The van der Waals surface area contributed by atoms with Crippen LogP contribution >= 0.6 is 11.8 Å². The maximum Gasteiger partial charge on any atom is 0.208 e. The van der Waals surface area contributed by atoms with Crippen LogP contribution in [0.2, 0.25) is 0 Å². The molecule has 0 aliphatic rings. The molecule has 2 aromatic rings. The van der Waals surface area contributed by atoms with Crippen LogP contribution in [0.15, 0.2) is 29.4 Å². The van der Waals surface area contributed by atoms with E-state index in [1.165, 1.54) is 11.8 Å². The predicted molar refractivity (Wildman–Crippen MR) is 94.1 cm³/mol. The second kappa shape index (κ2) is 7.94. The van der Waals surface area contributed by atoms with Crippen LogP contribution in [0.1, 0.15) is 18.9 Å². The van der Waals surface area contributed by atoms with Crippen molar-refractivity contribution in [3.8, 4) is 11.4 Å². The van der Waals surface area contributed by atoms with Crippen molar-refractivity contribution >= 4 is 21.8 Å². The van der Waals surface area contributed by atoms with Gasteiger partial charge in [-0.05, 0) is 25.8 Å². The summed E-state index contributed by atoms with van der Waals surface area (Å²) in [6.45, 7) is 5.37. The van der Waals surface area contributed by atoms with E-state index in [-0.39, 0.29) is 0 Å². The molecule has 0 aliphatic heterocycles. The molecule has 1 heterocycles. The second-order valence-corrected chi connectivity index (χ2v) is 8.13. The van der Waals surface area contributed by atoms with Crippen LogP contribution in [-0.2, 0) is 16.6 Å². The van der Waals surface area contributed by atoms with Crippen molar-refractivity contribution in [3.63, 3.8) is 0 Å². The van der Waals surface area contributed by atoms with Crippen LogP contribution in [0.3, 0.4) is 0 Å². The minimum Gasteiger partial charge on any atom is -0.302 e. The molecular weight excluding hydrogens is 332 g/mol. The molecule has 0 spiro atoms. The minimum absolute atomic E-state index is 0.441. The zero-order chi connectivity index (χ0) is 16.9. The van der Waals surface area contributed by atoms with Gasteiger partial charge in [0.25, 0.3) is 0 Å². The normalized spacial score (nSPS) is 11.8. The third-order valence-electron chi connectivity index (χ3n) is 3.34. The molecular formula is C15H22N4O2S2. The fourth-order valence-electron chi connectivity index (χ4n) is 2.20. The van der Waals surface area contributed by atoms with E-state index < -0.39 is 10.0 Å². The SMILES string of the molecule is CCn1c(SCCCNS(C)(=O)=O)nnc1-c1ccccc1C. The summed E-state index contributed by atoms with van der Waals surface area (Å²) in [6, 6.07) is 8.13. The maximum absolute atomic E-state index is 11.0. The van der Waals surface area contributed by atoms with E-state index in [4.69, 9.17) is 0 Å². The second-order valence-electron chi connectivity index (χ2n) is 5.23. The van der Waals surface area contributed by atoms with Crippen molar-refractivity contribution in [3.05, 3.63) is 29.8 Å². The number of aryl methyl sites for hydroxylation is 1. The smallest absolute Gasteiger partial charge is 0.208 e. The summed E-state index contributed by atoms with van der Waals surface area (Å²) < 4.78 is 26.6. The first-order valence-electron chi connectivity index (χ1n) is 7.49. The van der Waals surface area contributed by atoms with Crippen molar-refractivity contribution in [1.29, 1.82) is 0 Å². The van der Waals surface area contributed by atoms with Gasteiger partial charge in [0.2, 0.25) is 10.0 Å². The van der Waals surface area contributed by atoms with Gasteiger partial charge in [-0.25, -0.2) is 13.1 Å². The average Bonchev–Trinajstić information content (AvgIpc) is 2.89. The summed E-state index contributed by atoms with van der Waals surface area (Å²) in [4.78, 5) is 0. The van der Waals surface area contributed by atoms with Crippen LogP contribution in [0.25, 0.3) is 11.4 Å². The third kappa shape index (κ3) is 5.05. The molecule has 0 bridgehead atoms. The van der Waals surface area contributed by atoms with Gasteiger partial charge in [-0.2, -0.15) is 0 Å². The molecule has 6 nitrogen and oxygen atoms in total. The highest BCUT2D eigenvalue weighted by Gasteiger charge is 2.14. The number of sulfonamides is 1. The predicted octanol–water partition coefficient (Wildman–Crippen LogP) is 2.30. The standard InChI is InChI=1S/C15H22N4O2S2/c1-4-19-14(13-9-6-5-8-12(13)2)17-18-15(19)22-11-7-10-16-23(3,20)21/h5-6,8-9,16H,4,7,10-11H2,1-3H3. The molecule has 8 heteroatoms. The van der Waals surface area contributed by atoms with Gasteiger partial charge in [0.05, 0.1) is 6.26 Å². The lowest BCUT2D eigenvalue weighted by Crippen LogP contribution is -2.23. The minimum atomic E-state index is -3.11. The molecule has 1 N–H and O–H groups in total. The molecule has 126 valence electrons. The van der Waals surface area contributed by atoms with Crippen molar-refractivity contribution in [1.82, 2.24) is 19.5 Å². The van der Waals surface area contributed by atoms with Crippen molar-refractivity contribution in [2.45, 2.75) is 32.0 Å². The van der Waals surface area contributed by atoms with E-state index >= 15 is 0 Å². The summed E-state index contributed by atoms with van der Waals surface area (Å²) in [5, 5.41) is 9.49. The van der Waals surface area contributed by atoms with Gasteiger partial charge in [-0.15, -0.1) is 10.2 Å². The van der Waals surface area contributed by atoms with Gasteiger partial charge in [0.1, 0.15) is 0 Å². The van der Waals surface area contributed by atoms with E-state index in [1.54, 1.807) is 11.8 Å². The first-order chi connectivity index (χ1) is 10.9. The highest BCUT2D eigenvalue weighted by Crippen LogP contribution is 2.26. The van der Waals surface area contributed by atoms with Crippen LogP contribution in [0, 0.1) is 6.92 Å². The van der Waals surface area contributed by atoms with Gasteiger partial charge in [0.15, 0.2) is 11.0 Å². The number of hydrogen-bond donors (Lipinski definition) is 1. The Morgan fingerprint density at radius 3 is 2.65 bits per heavy atom. The number of nitrogens with zero attached hydrogens (tertiary/aromatic N) is 3. The topological polar surface area (TPSA) is 76.9 Å². The first kappa shape index (κ1) is 18.0. The van der Waals surface area contributed by atoms with Crippen LogP contribution in [0.4, 0.5) is 0 Å². The Bertz CT molecular complexity index is 757. The fraction of sp³-hybridized carbons (Fsp3) is 0.467. The molecule has 0 unspecified atom stereocenters. The summed E-state index contributed by atoms with van der Waals surface area (Å²) in [5.74, 6) is 1.66. The third-order valence-corrected chi connectivity index (χ3v) is 5.12. The number of rotatable bonds is 8. The molecule has 1 aromatic carbocycles. The molecule has 2 rings (SSSR count). The Morgan fingerprint density at radius 2 is 2.00 bits per heavy atom. The van der Waals surface area contributed by atoms with Gasteiger partial charge in [0, 0.05) is 24.4 Å². The number of hydrogen-bond acceptors (Lipinski definition) is 5. The average molecular weight is 355 g/mol. The monoisotopic (exact) mass is 354 g/mol. The first-order valence-corrected chi connectivity index (χ1v) is 10.4. The molecule has 0 atom stereocenters. The van der Waals surface area contributed by atoms with Crippen molar-refractivity contribution in [2.24, 2.45) is 0 Å². The van der Waals surface area contributed by atoms with Gasteiger partial charge < -0.3 is 4.57 Å². The quantitative estimate of drug-likeness (QED) is 0.581. The maximum atomic E-state index is 11.0. The van der Waals surface area contributed by atoms with Crippen LogP contribution < -0.4 is 4.72 Å². The number of nitrogens with one attached hydrogen (secondary N) is 1. The number of benzene rings is 1. The number of aromatic nitrogens is 3. The van der Waals surface area contributed by atoms with E-state index in [1.807, 2.05) is 12.1 Å². The van der Waals surface area contributed by atoms with Crippen LogP contribution in [0.5, 0.6) is 0 Å². The Balaban J connectivity index is 2.03. The molecule has 1 aromatic heterocycles. The van der Waals surface area contributed by atoms with E-state index in [0.29, 0.717) is 6.54 Å². The zero-order valence-corrected chi connectivity index (χ0v) is 15.2. The molecule has 0 saturated heterocycles. The Morgan fingerprint density at radius 1 is 1.26 bits per heavy atom. The molecule has 0 amide bonds. The van der Waals surface area contributed by atoms with E-state index in [0.717, 1.165) is 35.3 Å². The molecule has 0 saturated carbocycles. The fourth-order valence-corrected chi connectivity index (χ4v) is 3.65. The Kier molecular flexibility index (Phi) is 6.20. The number of thioether (sulfide) groups is 1. The van der Waals surface area contributed by atoms with Crippen LogP contribution in [-0.4, -0.2) is 41.7 Å². The lowest BCUT2D eigenvalue weighted by molar-refractivity contribution is 0.587. The lowest BCUT2D eigenvalue weighted by Gasteiger charge is -2.09. The molecule has 23 heavy (non-hydrogen) atoms. The van der Waals surface area contributed by atoms with Gasteiger partial charge in [-0.3, -0.25) is 0 Å². The summed E-state index contributed by atoms with van der Waals surface area (Å²) >= 11 is 1.60. The Hall–Kier alpha value is -1.38. The van der Waals surface area contributed by atoms with Crippen molar-refractivity contribution < 1.29 is 8.42 Å². The lowest BCUT2D eigenvalue weighted by atomic mass is 10.1. The summed E-state index contributed by atoms with van der Waals surface area (Å²) in [5.41, 5.74) is 2.26. The van der Waals surface area contributed by atoms with E-state index in [2.05, 4.69) is 45.5 Å². The molecule has 0 radical (unpaired) electrons. The van der Waals surface area contributed by atoms with Gasteiger partial charge in [-0.1, -0.05) is 36.0 Å². The summed E-state index contributed by atoms with van der Waals surface area (Å²) in [6.07, 6.45) is 1.91. The Labute approximate surface area is 141 Å². The van der Waals surface area contributed by atoms with E-state index in [9.17, 15) is 8.42 Å². The highest BCUT2D eigenvalue weighted by atomic mass is 32.2. The molecule has 0 fully saturated rings. The van der Waals surface area contributed by atoms with Crippen molar-refractivity contribution in [2.75, 3.05) is 18.6 Å². The van der Waals surface area contributed by atoms with Gasteiger partial charge >= 0.3 is 0 Å². The summed E-state index contributed by atoms with van der Waals surface area (Å²) in [7, 11) is -3.11. The molecule has 0 aliphatic carbocycles.